The number of benzene rings is 2. The van der Waals surface area contributed by atoms with E-state index < -0.39 is 0 Å². The highest BCUT2D eigenvalue weighted by atomic mass is 79.9. The second-order valence-electron chi connectivity index (χ2n) is 10.6. The molecule has 2 N–H and O–H groups in total. The van der Waals surface area contributed by atoms with Crippen molar-refractivity contribution in [3.63, 3.8) is 0 Å². The van der Waals surface area contributed by atoms with Crippen LogP contribution in [0.1, 0.15) is 53.9 Å². The van der Waals surface area contributed by atoms with Crippen molar-refractivity contribution >= 4 is 55.8 Å². The number of rotatable bonds is 3. The van der Waals surface area contributed by atoms with E-state index in [1.165, 1.54) is 30.0 Å². The lowest BCUT2D eigenvalue weighted by Crippen LogP contribution is -2.51. The summed E-state index contributed by atoms with van der Waals surface area (Å²) in [4.78, 5) is 22.6. The molecule has 6 rings (SSSR count). The Morgan fingerprint density at radius 2 is 1.83 bits per heavy atom. The molecule has 0 atom stereocenters. The molecule has 7 heteroatoms. The van der Waals surface area contributed by atoms with E-state index in [-0.39, 0.29) is 11.2 Å². The molecular weight excluding hydrogens is 520 g/mol. The summed E-state index contributed by atoms with van der Waals surface area (Å²) in [6.45, 7) is 8.76. The number of aromatic nitrogens is 1. The molecule has 5 nitrogen and oxygen atoms in total. The molecule has 0 radical (unpaired) electrons. The second kappa shape index (κ2) is 8.86. The predicted octanol–water partition coefficient (Wildman–Crippen LogP) is 5.86. The number of carbonyl (C=O) groups is 1. The third-order valence-electron chi connectivity index (χ3n) is 8.31. The first-order valence-electron chi connectivity index (χ1n) is 12.7. The average molecular weight is 554 g/mol. The van der Waals surface area contributed by atoms with Crippen LogP contribution in [-0.2, 0) is 5.41 Å². The van der Waals surface area contributed by atoms with Crippen LogP contribution in [0.3, 0.4) is 0 Å². The van der Waals surface area contributed by atoms with E-state index in [1.807, 2.05) is 13.1 Å². The summed E-state index contributed by atoms with van der Waals surface area (Å²) in [5.74, 6) is 2.72. The van der Waals surface area contributed by atoms with Crippen molar-refractivity contribution in [1.29, 1.82) is 0 Å². The number of aromatic amines is 1. The van der Waals surface area contributed by atoms with E-state index >= 15 is 0 Å². The van der Waals surface area contributed by atoms with Gasteiger partial charge >= 0.3 is 0 Å². The second-order valence-corrected chi connectivity index (χ2v) is 12.6. The maximum atomic E-state index is 13.8. The minimum absolute atomic E-state index is 0.116. The fourth-order valence-electron chi connectivity index (χ4n) is 6.21. The summed E-state index contributed by atoms with van der Waals surface area (Å²) in [6.07, 6.45) is 2.65. The van der Waals surface area contributed by atoms with Gasteiger partial charge in [0.2, 0.25) is 0 Å². The number of anilines is 2. The Bertz CT molecular complexity index is 1300. The molecule has 3 aliphatic rings. The Morgan fingerprint density at radius 1 is 1.09 bits per heavy atom. The van der Waals surface area contributed by atoms with E-state index in [9.17, 15) is 4.79 Å². The molecule has 3 heterocycles. The smallest absolute Gasteiger partial charge is 0.195 e. The maximum absolute atomic E-state index is 13.8. The predicted molar refractivity (Wildman–Crippen MR) is 152 cm³/mol. The van der Waals surface area contributed by atoms with Gasteiger partial charge in [-0.3, -0.25) is 9.69 Å². The molecule has 1 aromatic heterocycles. The number of carbonyl (C=O) groups excluding carboxylic acids is 1. The molecule has 2 aromatic carbocycles. The standard InChI is InChI=1S/C28H33BrN4OS/c1-28(2)21-16-24(33-10-8-32(9-11-33)18-6-12-35-13-7-18)22(29)15-20(21)26(34)25-19-5-4-17(30-3)14-23(19)31-27(25)28/h4-5,14-16,18,30-31H,6-13H2,1-3H3. The zero-order valence-electron chi connectivity index (χ0n) is 20.7. The Balaban J connectivity index is 1.34. The fraction of sp³-hybridized carbons (Fsp3) is 0.464. The Labute approximate surface area is 220 Å². The van der Waals surface area contributed by atoms with Gasteiger partial charge in [-0.1, -0.05) is 19.9 Å². The number of halogens is 1. The first-order chi connectivity index (χ1) is 16.9. The number of thioether (sulfide) groups is 1. The van der Waals surface area contributed by atoms with Gasteiger partial charge in [0.1, 0.15) is 0 Å². The first kappa shape index (κ1) is 23.4. The van der Waals surface area contributed by atoms with Gasteiger partial charge in [0.25, 0.3) is 0 Å². The van der Waals surface area contributed by atoms with E-state index in [0.717, 1.165) is 75.7 Å². The number of nitrogens with one attached hydrogen (secondary N) is 2. The molecule has 2 fully saturated rings. The summed E-state index contributed by atoms with van der Waals surface area (Å²) in [7, 11) is 1.92. The number of fused-ring (bicyclic) bond motifs is 4. The van der Waals surface area contributed by atoms with Crippen LogP contribution in [0.4, 0.5) is 11.4 Å². The average Bonchev–Trinajstić information content (AvgIpc) is 3.28. The number of H-pyrrole nitrogens is 1. The summed E-state index contributed by atoms with van der Waals surface area (Å²) in [5.41, 5.74) is 6.72. The Hall–Kier alpha value is -1.96. The fourth-order valence-corrected chi connectivity index (χ4v) is 7.89. The minimum atomic E-state index is -0.297. The van der Waals surface area contributed by atoms with Crippen molar-refractivity contribution in [2.24, 2.45) is 0 Å². The number of piperazine rings is 1. The van der Waals surface area contributed by atoms with Crippen molar-refractivity contribution in [2.75, 3.05) is 54.9 Å². The summed E-state index contributed by atoms with van der Waals surface area (Å²) < 4.78 is 1.02. The number of hydrogen-bond acceptors (Lipinski definition) is 5. The van der Waals surface area contributed by atoms with Gasteiger partial charge in [-0.2, -0.15) is 11.8 Å². The summed E-state index contributed by atoms with van der Waals surface area (Å²) >= 11 is 5.94. The van der Waals surface area contributed by atoms with Crippen LogP contribution in [0.2, 0.25) is 0 Å². The number of ketones is 1. The van der Waals surface area contributed by atoms with Gasteiger partial charge in [0.15, 0.2) is 5.78 Å². The van der Waals surface area contributed by atoms with E-state index in [0.29, 0.717) is 0 Å². The highest BCUT2D eigenvalue weighted by Gasteiger charge is 2.40. The zero-order valence-corrected chi connectivity index (χ0v) is 23.1. The highest BCUT2D eigenvalue weighted by Crippen LogP contribution is 2.46. The van der Waals surface area contributed by atoms with Crippen LogP contribution in [0.5, 0.6) is 0 Å². The van der Waals surface area contributed by atoms with Crippen molar-refractivity contribution < 1.29 is 4.79 Å². The van der Waals surface area contributed by atoms with Gasteiger partial charge in [-0.05, 0) is 70.1 Å². The topological polar surface area (TPSA) is 51.4 Å². The summed E-state index contributed by atoms with van der Waals surface area (Å²) in [6, 6.07) is 11.3. The molecule has 3 aromatic rings. The highest BCUT2D eigenvalue weighted by molar-refractivity contribution is 9.10. The van der Waals surface area contributed by atoms with Crippen LogP contribution < -0.4 is 10.2 Å². The molecule has 0 saturated carbocycles. The third-order valence-corrected chi connectivity index (χ3v) is 9.99. The zero-order chi connectivity index (χ0) is 24.3. The van der Waals surface area contributed by atoms with Crippen LogP contribution in [0.25, 0.3) is 10.9 Å². The van der Waals surface area contributed by atoms with Crippen LogP contribution >= 0.6 is 27.7 Å². The van der Waals surface area contributed by atoms with Gasteiger partial charge in [-0.15, -0.1) is 0 Å². The third kappa shape index (κ3) is 3.82. The monoisotopic (exact) mass is 552 g/mol. The lowest BCUT2D eigenvalue weighted by atomic mass is 9.71. The quantitative estimate of drug-likeness (QED) is 0.426. The lowest BCUT2D eigenvalue weighted by molar-refractivity contribution is 0.103. The van der Waals surface area contributed by atoms with Crippen LogP contribution in [-0.4, -0.2) is 66.4 Å². The molecule has 0 amide bonds. The molecule has 0 spiro atoms. The lowest BCUT2D eigenvalue weighted by Gasteiger charge is -2.42. The van der Waals surface area contributed by atoms with E-state index in [4.69, 9.17) is 0 Å². The Morgan fingerprint density at radius 3 is 2.54 bits per heavy atom. The van der Waals surface area contributed by atoms with Gasteiger partial charge in [-0.25, -0.2) is 0 Å². The SMILES string of the molecule is CNc1ccc2c3c([nH]c2c1)C(C)(C)c1cc(N2CCN(C4CCSCC4)CC2)c(Br)cc1C3=O. The van der Waals surface area contributed by atoms with Crippen molar-refractivity contribution in [3.8, 4) is 0 Å². The van der Waals surface area contributed by atoms with Gasteiger partial charge < -0.3 is 15.2 Å². The first-order valence-corrected chi connectivity index (χ1v) is 14.6. The van der Waals surface area contributed by atoms with Crippen molar-refractivity contribution in [3.05, 3.63) is 57.2 Å². The molecule has 35 heavy (non-hydrogen) atoms. The molecule has 184 valence electrons. The van der Waals surface area contributed by atoms with Gasteiger partial charge in [0.05, 0.1) is 11.3 Å². The maximum Gasteiger partial charge on any atom is 0.195 e. The largest absolute Gasteiger partial charge is 0.388 e. The molecule has 0 unspecified atom stereocenters. The van der Waals surface area contributed by atoms with Crippen LogP contribution in [0.15, 0.2) is 34.8 Å². The molecular formula is C28H33BrN4OS. The number of nitrogens with zero attached hydrogens (tertiary/aromatic N) is 2. The normalized spacial score (nSPS) is 20.7. The minimum Gasteiger partial charge on any atom is -0.388 e. The van der Waals surface area contributed by atoms with E-state index in [1.54, 1.807) is 0 Å². The van der Waals surface area contributed by atoms with E-state index in [2.05, 4.69) is 85.9 Å². The molecule has 1 aliphatic carbocycles. The molecule has 0 bridgehead atoms. The molecule has 2 saturated heterocycles. The van der Waals surface area contributed by atoms with Gasteiger partial charge in [0, 0.05) is 77.0 Å². The van der Waals surface area contributed by atoms with Crippen molar-refractivity contribution in [1.82, 2.24) is 9.88 Å². The van der Waals surface area contributed by atoms with Crippen molar-refractivity contribution in [2.45, 2.75) is 38.1 Å². The Kier molecular flexibility index (Phi) is 5.93. The number of hydrogen-bond donors (Lipinski definition) is 2. The molecule has 2 aliphatic heterocycles. The summed E-state index contributed by atoms with van der Waals surface area (Å²) in [5, 5.41) is 4.20. The van der Waals surface area contributed by atoms with Crippen LogP contribution in [0, 0.1) is 0 Å².